The van der Waals surface area contributed by atoms with Crippen LogP contribution in [0.5, 0.6) is 5.75 Å². The number of hydrogen-bond donors (Lipinski definition) is 2. The maximum absolute atomic E-state index is 12.9. The number of methoxy groups -OCH3 is 1. The molecule has 2 saturated heterocycles. The average Bonchev–Trinajstić information content (AvgIpc) is 2.70. The Morgan fingerprint density at radius 2 is 2.04 bits per heavy atom. The van der Waals surface area contributed by atoms with Gasteiger partial charge in [-0.2, -0.15) is 0 Å². The summed E-state index contributed by atoms with van der Waals surface area (Å²) in [6.45, 7) is 2.86. The molecule has 3 rings (SSSR count). The van der Waals surface area contributed by atoms with E-state index in [9.17, 15) is 9.59 Å². The highest BCUT2D eigenvalue weighted by Crippen LogP contribution is 2.36. The first-order valence-corrected chi connectivity index (χ1v) is 9.98. The number of rotatable bonds is 6. The molecule has 2 heterocycles. The van der Waals surface area contributed by atoms with Crippen LogP contribution in [-0.4, -0.2) is 50.5 Å². The summed E-state index contributed by atoms with van der Waals surface area (Å²) in [6, 6.07) is 7.44. The third kappa shape index (κ3) is 5.39. The van der Waals surface area contributed by atoms with Crippen molar-refractivity contribution in [2.24, 2.45) is 11.8 Å². The Morgan fingerprint density at radius 3 is 2.68 bits per heavy atom. The van der Waals surface area contributed by atoms with Crippen molar-refractivity contribution in [3.63, 3.8) is 0 Å². The summed E-state index contributed by atoms with van der Waals surface area (Å²) in [4.78, 5) is 26.9. The molecule has 156 valence electrons. The van der Waals surface area contributed by atoms with Crippen LogP contribution in [0.25, 0.3) is 0 Å². The summed E-state index contributed by atoms with van der Waals surface area (Å²) < 4.78 is 5.22. The van der Waals surface area contributed by atoms with E-state index in [1.165, 1.54) is 12.8 Å². The molecule has 0 bridgehead atoms. The van der Waals surface area contributed by atoms with Gasteiger partial charge in [0.25, 0.3) is 0 Å². The molecule has 2 aliphatic rings. The number of amides is 2. The number of nitrogens with zero attached hydrogens (tertiary/aromatic N) is 1. The molecule has 2 aliphatic heterocycles. The minimum atomic E-state index is -0.228. The lowest BCUT2D eigenvalue weighted by atomic mass is 9.84. The van der Waals surface area contributed by atoms with Crippen LogP contribution in [0.2, 0.25) is 0 Å². The van der Waals surface area contributed by atoms with E-state index in [1.807, 2.05) is 24.3 Å². The third-order valence-corrected chi connectivity index (χ3v) is 5.91. The summed E-state index contributed by atoms with van der Waals surface area (Å²) in [5.74, 6) is 1.34. The van der Waals surface area contributed by atoms with Crippen LogP contribution < -0.4 is 15.4 Å². The molecular weight excluding hydrogens is 378 g/mol. The molecule has 2 N–H and O–H groups in total. The zero-order valence-electron chi connectivity index (χ0n) is 16.8. The predicted molar refractivity (Wildman–Crippen MR) is 112 cm³/mol. The van der Waals surface area contributed by atoms with Crippen LogP contribution in [0, 0.1) is 11.8 Å². The first-order chi connectivity index (χ1) is 13.1. The number of benzene rings is 1. The van der Waals surface area contributed by atoms with Crippen LogP contribution in [0.3, 0.4) is 0 Å². The zero-order chi connectivity index (χ0) is 19.2. The van der Waals surface area contributed by atoms with Crippen molar-refractivity contribution in [3.05, 3.63) is 29.8 Å². The van der Waals surface area contributed by atoms with E-state index >= 15 is 0 Å². The van der Waals surface area contributed by atoms with Crippen molar-refractivity contribution in [1.29, 1.82) is 0 Å². The second-order valence-corrected chi connectivity index (χ2v) is 7.66. The van der Waals surface area contributed by atoms with Crippen molar-refractivity contribution < 1.29 is 14.3 Å². The molecule has 28 heavy (non-hydrogen) atoms. The van der Waals surface area contributed by atoms with Crippen LogP contribution >= 0.6 is 12.4 Å². The lowest BCUT2D eigenvalue weighted by molar-refractivity contribution is -0.141. The molecule has 0 saturated carbocycles. The van der Waals surface area contributed by atoms with Crippen LogP contribution in [0.1, 0.15) is 43.7 Å². The van der Waals surface area contributed by atoms with Gasteiger partial charge in [-0.25, -0.2) is 0 Å². The Labute approximate surface area is 173 Å². The SMILES string of the molecule is COc1ccc(C2C(C(=O)NCCC3CCCNC3)CCC(=O)N2C)cc1.Cl. The van der Waals surface area contributed by atoms with E-state index in [-0.39, 0.29) is 36.2 Å². The van der Waals surface area contributed by atoms with E-state index < -0.39 is 0 Å². The molecule has 7 heteroatoms. The topological polar surface area (TPSA) is 70.7 Å². The molecule has 3 atom stereocenters. The second-order valence-electron chi connectivity index (χ2n) is 7.66. The van der Waals surface area contributed by atoms with Crippen LogP contribution in [-0.2, 0) is 9.59 Å². The Bertz CT molecular complexity index is 647. The van der Waals surface area contributed by atoms with Crippen molar-refractivity contribution in [3.8, 4) is 5.75 Å². The average molecular weight is 410 g/mol. The summed E-state index contributed by atoms with van der Waals surface area (Å²) in [7, 11) is 3.42. The normalized spacial score (nSPS) is 25.0. The van der Waals surface area contributed by atoms with E-state index in [4.69, 9.17) is 4.74 Å². The molecule has 0 aromatic heterocycles. The van der Waals surface area contributed by atoms with Crippen molar-refractivity contribution in [2.45, 2.75) is 38.1 Å². The minimum absolute atomic E-state index is 0. The van der Waals surface area contributed by atoms with Gasteiger partial charge in [0.15, 0.2) is 0 Å². The maximum atomic E-state index is 12.9. The first-order valence-electron chi connectivity index (χ1n) is 9.98. The standard InChI is InChI=1S/C21H31N3O3.ClH/c1-24-19(25)10-9-18(20(24)16-5-7-17(27-2)8-6-16)21(26)23-13-11-15-4-3-12-22-14-15;/h5-8,15,18,20,22H,3-4,9-14H2,1-2H3,(H,23,26);1H. The van der Waals surface area contributed by atoms with E-state index in [2.05, 4.69) is 10.6 Å². The predicted octanol–water partition coefficient (Wildman–Crippen LogP) is 2.53. The molecule has 0 spiro atoms. The third-order valence-electron chi connectivity index (χ3n) is 5.91. The Hall–Kier alpha value is -1.79. The highest BCUT2D eigenvalue weighted by atomic mass is 35.5. The minimum Gasteiger partial charge on any atom is -0.497 e. The zero-order valence-corrected chi connectivity index (χ0v) is 17.6. The fourth-order valence-corrected chi connectivity index (χ4v) is 4.27. The molecule has 6 nitrogen and oxygen atoms in total. The van der Waals surface area contributed by atoms with Gasteiger partial charge in [-0.05, 0) is 62.4 Å². The number of carbonyl (C=O) groups is 2. The Balaban J connectivity index is 0.00000280. The highest BCUT2D eigenvalue weighted by molar-refractivity contribution is 5.85. The van der Waals surface area contributed by atoms with Gasteiger partial charge in [0.05, 0.1) is 19.1 Å². The molecule has 3 unspecified atom stereocenters. The molecule has 0 radical (unpaired) electrons. The van der Waals surface area contributed by atoms with Gasteiger partial charge in [0, 0.05) is 20.0 Å². The molecule has 1 aromatic rings. The Morgan fingerprint density at radius 1 is 1.29 bits per heavy atom. The number of ether oxygens (including phenoxy) is 1. The van der Waals surface area contributed by atoms with E-state index in [0.717, 1.165) is 30.8 Å². The lowest BCUT2D eigenvalue weighted by Crippen LogP contribution is -2.46. The molecular formula is C21H32ClN3O3. The quantitative estimate of drug-likeness (QED) is 0.757. The number of hydrogen-bond acceptors (Lipinski definition) is 4. The molecule has 1 aromatic carbocycles. The molecule has 0 aliphatic carbocycles. The monoisotopic (exact) mass is 409 g/mol. The van der Waals surface area contributed by atoms with Gasteiger partial charge < -0.3 is 20.3 Å². The van der Waals surface area contributed by atoms with Gasteiger partial charge in [-0.1, -0.05) is 12.1 Å². The van der Waals surface area contributed by atoms with Gasteiger partial charge in [0.1, 0.15) is 5.75 Å². The van der Waals surface area contributed by atoms with Gasteiger partial charge in [0.2, 0.25) is 11.8 Å². The van der Waals surface area contributed by atoms with Gasteiger partial charge in [-0.3, -0.25) is 9.59 Å². The molecule has 2 fully saturated rings. The molecule has 2 amide bonds. The van der Waals surface area contributed by atoms with E-state index in [0.29, 0.717) is 25.3 Å². The fourth-order valence-electron chi connectivity index (χ4n) is 4.27. The maximum Gasteiger partial charge on any atom is 0.225 e. The number of halogens is 1. The fraction of sp³-hybridized carbons (Fsp3) is 0.619. The van der Waals surface area contributed by atoms with Crippen LogP contribution in [0.4, 0.5) is 0 Å². The largest absolute Gasteiger partial charge is 0.497 e. The summed E-state index contributed by atoms with van der Waals surface area (Å²) >= 11 is 0. The highest BCUT2D eigenvalue weighted by Gasteiger charge is 2.38. The van der Waals surface area contributed by atoms with Crippen molar-refractivity contribution in [2.75, 3.05) is 33.8 Å². The van der Waals surface area contributed by atoms with Crippen LogP contribution in [0.15, 0.2) is 24.3 Å². The number of nitrogens with one attached hydrogen (secondary N) is 2. The van der Waals surface area contributed by atoms with Crippen molar-refractivity contribution >= 4 is 24.2 Å². The summed E-state index contributed by atoms with van der Waals surface area (Å²) in [5, 5.41) is 6.55. The second kappa shape index (κ2) is 10.7. The first kappa shape index (κ1) is 22.5. The Kier molecular flexibility index (Phi) is 8.58. The van der Waals surface area contributed by atoms with Crippen molar-refractivity contribution in [1.82, 2.24) is 15.5 Å². The number of piperidine rings is 2. The van der Waals surface area contributed by atoms with E-state index in [1.54, 1.807) is 19.1 Å². The van der Waals surface area contributed by atoms with Gasteiger partial charge >= 0.3 is 0 Å². The number of likely N-dealkylation sites (tertiary alicyclic amines) is 1. The summed E-state index contributed by atoms with van der Waals surface area (Å²) in [6.07, 6.45) is 4.48. The smallest absolute Gasteiger partial charge is 0.225 e. The lowest BCUT2D eigenvalue weighted by Gasteiger charge is -2.38. The number of carbonyl (C=O) groups excluding carboxylic acids is 2. The van der Waals surface area contributed by atoms with Gasteiger partial charge in [-0.15, -0.1) is 12.4 Å². The summed E-state index contributed by atoms with van der Waals surface area (Å²) in [5.41, 5.74) is 0.975.